The van der Waals surface area contributed by atoms with E-state index in [2.05, 4.69) is 66.6 Å². The van der Waals surface area contributed by atoms with Gasteiger partial charge in [-0.15, -0.1) is 0 Å². The molecule has 1 aliphatic heterocycles. The van der Waals surface area contributed by atoms with E-state index >= 15 is 0 Å². The summed E-state index contributed by atoms with van der Waals surface area (Å²) in [6.45, 7) is 11.3. The number of nitrogens with two attached hydrogens (primary N) is 1. The number of anilines is 1. The molecule has 1 saturated heterocycles. The van der Waals surface area contributed by atoms with Crippen molar-refractivity contribution in [3.05, 3.63) is 42.2 Å². The Morgan fingerprint density at radius 2 is 1.88 bits per heavy atom. The zero-order valence-electron chi connectivity index (χ0n) is 24.9. The van der Waals surface area contributed by atoms with Gasteiger partial charge in [0.1, 0.15) is 41.5 Å². The molecule has 0 radical (unpaired) electrons. The first-order chi connectivity index (χ1) is 19.9. The molecule has 0 spiro atoms. The van der Waals surface area contributed by atoms with Crippen LogP contribution >= 0.6 is 0 Å². The van der Waals surface area contributed by atoms with Crippen molar-refractivity contribution in [2.75, 3.05) is 12.3 Å². The van der Waals surface area contributed by atoms with Crippen LogP contribution in [0.4, 0.5) is 5.82 Å². The maximum absolute atomic E-state index is 10.9. The molecule has 1 saturated carbocycles. The Balaban J connectivity index is 1.07. The van der Waals surface area contributed by atoms with E-state index in [0.29, 0.717) is 41.9 Å². The minimum atomic E-state index is -1.14. The molecule has 12 heteroatoms. The van der Waals surface area contributed by atoms with Crippen molar-refractivity contribution < 1.29 is 20.2 Å². The van der Waals surface area contributed by atoms with Gasteiger partial charge in [0, 0.05) is 25.0 Å². The average Bonchev–Trinajstić information content (AvgIpc) is 3.56. The first kappa shape index (κ1) is 28.8. The van der Waals surface area contributed by atoms with Crippen molar-refractivity contribution in [1.29, 1.82) is 0 Å². The van der Waals surface area contributed by atoms with E-state index in [1.807, 2.05) is 6.07 Å². The standard InChI is InChI=1S/C30H42N8O4/c1-16(2)36(13-22-25(39)26(40)29(42-22)37-15-34-24-27(31)32-14-33-28(24)37)19-10-17(11-19)6-9-23-35-20-12-18(30(3,4)5)7-8-21(20)38(23)41/h7-8,12,14-17,19,22,25-26,29,39-41H,6,9-11,13H2,1-5H3,(H2,31,32,33)/t17?,19?,22-,25-,26-,29-/m1/s1. The molecule has 5 N–H and O–H groups in total. The van der Waals surface area contributed by atoms with E-state index in [1.165, 1.54) is 22.9 Å². The van der Waals surface area contributed by atoms with Gasteiger partial charge in [-0.05, 0) is 62.1 Å². The largest absolute Gasteiger partial charge is 0.427 e. The summed E-state index contributed by atoms with van der Waals surface area (Å²) in [4.78, 5) is 19.6. The number of aromatic nitrogens is 6. The minimum absolute atomic E-state index is 0.0206. The number of nitrogen functional groups attached to an aromatic ring is 1. The first-order valence-electron chi connectivity index (χ1n) is 14.8. The maximum atomic E-state index is 10.9. The van der Waals surface area contributed by atoms with Crippen LogP contribution in [0.1, 0.15) is 71.5 Å². The van der Waals surface area contributed by atoms with Crippen LogP contribution in [0, 0.1) is 5.92 Å². The van der Waals surface area contributed by atoms with Crippen LogP contribution in [0.5, 0.6) is 0 Å². The summed E-state index contributed by atoms with van der Waals surface area (Å²) in [5, 5.41) is 32.6. The SMILES string of the molecule is CC(C)N(C[C@H]1O[C@@H](n2cnc3c(N)ncnc32)[C@H](O)[C@@H]1O)C1CC(CCc2nc3cc(C(C)(C)C)ccc3n2O)C1. The number of ether oxygens (including phenoxy) is 1. The molecule has 6 rings (SSSR count). The lowest BCUT2D eigenvalue weighted by Gasteiger charge is -2.46. The molecule has 226 valence electrons. The Hall–Kier alpha value is -3.32. The van der Waals surface area contributed by atoms with Gasteiger partial charge in [-0.3, -0.25) is 9.47 Å². The number of fused-ring (bicyclic) bond motifs is 2. The van der Waals surface area contributed by atoms with Gasteiger partial charge in [0.05, 0.1) is 11.8 Å². The van der Waals surface area contributed by atoms with Gasteiger partial charge in [-0.25, -0.2) is 19.9 Å². The highest BCUT2D eigenvalue weighted by molar-refractivity contribution is 5.81. The summed E-state index contributed by atoms with van der Waals surface area (Å²) >= 11 is 0. The van der Waals surface area contributed by atoms with Crippen molar-refractivity contribution >= 4 is 28.0 Å². The molecule has 12 nitrogen and oxygen atoms in total. The highest BCUT2D eigenvalue weighted by atomic mass is 16.6. The Bertz CT molecular complexity index is 1570. The summed E-state index contributed by atoms with van der Waals surface area (Å²) < 4.78 is 9.07. The number of rotatable bonds is 8. The number of nitrogens with zero attached hydrogens (tertiary/aromatic N) is 7. The zero-order chi connectivity index (χ0) is 29.9. The number of imidazole rings is 2. The van der Waals surface area contributed by atoms with E-state index in [4.69, 9.17) is 15.5 Å². The fraction of sp³-hybridized carbons (Fsp3) is 0.600. The van der Waals surface area contributed by atoms with Crippen LogP contribution in [-0.2, 0) is 16.6 Å². The van der Waals surface area contributed by atoms with Gasteiger partial charge in [-0.2, -0.15) is 4.73 Å². The van der Waals surface area contributed by atoms with Gasteiger partial charge in [0.2, 0.25) is 0 Å². The highest BCUT2D eigenvalue weighted by Gasteiger charge is 2.46. The lowest BCUT2D eigenvalue weighted by atomic mass is 9.76. The number of aryl methyl sites for hydroxylation is 1. The van der Waals surface area contributed by atoms with Gasteiger partial charge >= 0.3 is 0 Å². The van der Waals surface area contributed by atoms with Crippen LogP contribution in [-0.4, -0.2) is 86.5 Å². The normalized spacial score (nSPS) is 26.6. The highest BCUT2D eigenvalue weighted by Crippen LogP contribution is 2.38. The fourth-order valence-corrected chi connectivity index (χ4v) is 6.44. The molecule has 2 fully saturated rings. The average molecular weight is 579 g/mol. The van der Waals surface area contributed by atoms with Crippen molar-refractivity contribution in [3.8, 4) is 0 Å². The molecule has 0 unspecified atom stereocenters. The Labute approximate surface area is 245 Å². The minimum Gasteiger partial charge on any atom is -0.427 e. The topological polar surface area (TPSA) is 161 Å². The van der Waals surface area contributed by atoms with Crippen LogP contribution in [0.25, 0.3) is 22.2 Å². The lowest BCUT2D eigenvalue weighted by Crippen LogP contribution is -2.52. The van der Waals surface area contributed by atoms with Crippen LogP contribution in [0.15, 0.2) is 30.9 Å². The molecule has 1 aromatic carbocycles. The molecule has 3 aromatic heterocycles. The Morgan fingerprint density at radius 1 is 1.12 bits per heavy atom. The first-order valence-corrected chi connectivity index (χ1v) is 14.8. The second-order valence-electron chi connectivity index (χ2n) is 13.2. The second kappa shape index (κ2) is 10.7. The van der Waals surface area contributed by atoms with Crippen molar-refractivity contribution in [2.24, 2.45) is 5.92 Å². The Morgan fingerprint density at radius 3 is 2.60 bits per heavy atom. The number of hydrogen-bond acceptors (Lipinski definition) is 10. The number of benzene rings is 1. The smallest absolute Gasteiger partial charge is 0.167 e. The number of aliphatic hydroxyl groups excluding tert-OH is 2. The molecule has 2 aliphatic rings. The molecule has 0 amide bonds. The van der Waals surface area contributed by atoms with Crippen LogP contribution < -0.4 is 5.73 Å². The molecule has 4 aromatic rings. The van der Waals surface area contributed by atoms with E-state index in [-0.39, 0.29) is 17.3 Å². The summed E-state index contributed by atoms with van der Waals surface area (Å²) in [5.74, 6) is 1.47. The van der Waals surface area contributed by atoms with Gasteiger partial charge < -0.3 is 25.9 Å². The predicted octanol–water partition coefficient (Wildman–Crippen LogP) is 3.03. The van der Waals surface area contributed by atoms with Gasteiger partial charge in [0.15, 0.2) is 17.7 Å². The third-order valence-electron chi connectivity index (χ3n) is 9.07. The van der Waals surface area contributed by atoms with Gasteiger partial charge in [-0.1, -0.05) is 26.8 Å². The van der Waals surface area contributed by atoms with E-state index in [0.717, 1.165) is 30.3 Å². The fourth-order valence-electron chi connectivity index (χ4n) is 6.44. The van der Waals surface area contributed by atoms with E-state index in [1.54, 1.807) is 4.57 Å². The molecular weight excluding hydrogens is 536 g/mol. The maximum Gasteiger partial charge on any atom is 0.167 e. The van der Waals surface area contributed by atoms with Crippen LogP contribution in [0.3, 0.4) is 0 Å². The third-order valence-corrected chi connectivity index (χ3v) is 9.07. The van der Waals surface area contributed by atoms with Crippen molar-refractivity contribution in [1.82, 2.24) is 34.1 Å². The second-order valence-corrected chi connectivity index (χ2v) is 13.2. The molecule has 4 atom stereocenters. The predicted molar refractivity (Wildman–Crippen MR) is 158 cm³/mol. The monoisotopic (exact) mass is 578 g/mol. The van der Waals surface area contributed by atoms with Gasteiger partial charge in [0.25, 0.3) is 0 Å². The van der Waals surface area contributed by atoms with Crippen molar-refractivity contribution in [2.45, 2.75) is 102 Å². The molecule has 0 bridgehead atoms. The quantitative estimate of drug-likeness (QED) is 0.229. The number of aliphatic hydroxyl groups is 2. The van der Waals surface area contributed by atoms with Crippen LogP contribution in [0.2, 0.25) is 0 Å². The van der Waals surface area contributed by atoms with E-state index < -0.39 is 24.5 Å². The molecule has 1 aliphatic carbocycles. The summed E-state index contributed by atoms with van der Waals surface area (Å²) in [7, 11) is 0. The lowest BCUT2D eigenvalue weighted by molar-refractivity contribution is -0.0620. The summed E-state index contributed by atoms with van der Waals surface area (Å²) in [5.41, 5.74) is 9.59. The molecule has 4 heterocycles. The number of hydrogen-bond donors (Lipinski definition) is 4. The summed E-state index contributed by atoms with van der Waals surface area (Å²) in [6, 6.07) is 6.68. The van der Waals surface area contributed by atoms with Crippen molar-refractivity contribution in [3.63, 3.8) is 0 Å². The molecular formula is C30H42N8O4. The third kappa shape index (κ3) is 5.10. The summed E-state index contributed by atoms with van der Waals surface area (Å²) in [6.07, 6.45) is 2.96. The van der Waals surface area contributed by atoms with E-state index in [9.17, 15) is 15.4 Å². The molecule has 42 heavy (non-hydrogen) atoms. The Kier molecular flexibility index (Phi) is 7.37. The zero-order valence-corrected chi connectivity index (χ0v) is 24.9.